The summed E-state index contributed by atoms with van der Waals surface area (Å²) in [5.74, 6) is -2.02. The largest absolute Gasteiger partial charge is 0.466 e. The number of thiazole rings is 1. The maximum atomic E-state index is 14.2. The van der Waals surface area contributed by atoms with E-state index >= 15 is 0 Å². The van der Waals surface area contributed by atoms with Crippen molar-refractivity contribution in [1.29, 1.82) is 0 Å². The molecule has 0 saturated carbocycles. The summed E-state index contributed by atoms with van der Waals surface area (Å²) in [6.07, 6.45) is 0.00337. The summed E-state index contributed by atoms with van der Waals surface area (Å²) in [6.45, 7) is 2.09. The summed E-state index contributed by atoms with van der Waals surface area (Å²) < 4.78 is 19.1. The molecule has 3 heterocycles. The average Bonchev–Trinajstić information content (AvgIpc) is 3.41. The van der Waals surface area contributed by atoms with Gasteiger partial charge < -0.3 is 10.1 Å². The van der Waals surface area contributed by atoms with Gasteiger partial charge >= 0.3 is 5.97 Å². The van der Waals surface area contributed by atoms with Gasteiger partial charge in [0, 0.05) is 18.3 Å². The Hall–Kier alpha value is -3.34. The number of hydrogen-bond donors (Lipinski definition) is 2. The van der Waals surface area contributed by atoms with Crippen molar-refractivity contribution in [2.45, 2.75) is 19.8 Å². The number of rotatable bonds is 6. The SMILES string of the molecule is CCOC(=O)Cc1csc(NC(=O)[C@@H]2CC(=O)N(c3n[nH]c4cccc(F)c34)C2)n1. The number of nitrogens with zero attached hydrogens (tertiary/aromatic N) is 3. The highest BCUT2D eigenvalue weighted by Crippen LogP contribution is 2.32. The van der Waals surface area contributed by atoms with Crippen molar-refractivity contribution in [1.82, 2.24) is 15.2 Å². The molecule has 1 aliphatic heterocycles. The number of esters is 1. The minimum absolute atomic E-state index is 0.0182. The lowest BCUT2D eigenvalue weighted by molar-refractivity contribution is -0.142. The van der Waals surface area contributed by atoms with Gasteiger partial charge in [-0.15, -0.1) is 11.3 Å². The molecule has 2 N–H and O–H groups in total. The van der Waals surface area contributed by atoms with E-state index < -0.39 is 17.7 Å². The van der Waals surface area contributed by atoms with Crippen molar-refractivity contribution in [3.63, 3.8) is 0 Å². The summed E-state index contributed by atoms with van der Waals surface area (Å²) in [5.41, 5.74) is 0.971. The first-order chi connectivity index (χ1) is 14.5. The zero-order valence-corrected chi connectivity index (χ0v) is 16.8. The van der Waals surface area contributed by atoms with Gasteiger partial charge in [-0.1, -0.05) is 6.07 Å². The first-order valence-corrected chi connectivity index (χ1v) is 10.2. The van der Waals surface area contributed by atoms with Crippen LogP contribution in [-0.4, -0.2) is 46.1 Å². The smallest absolute Gasteiger partial charge is 0.311 e. The normalized spacial score (nSPS) is 16.3. The van der Waals surface area contributed by atoms with Crippen LogP contribution in [0, 0.1) is 11.7 Å². The Morgan fingerprint density at radius 3 is 3.07 bits per heavy atom. The van der Waals surface area contributed by atoms with E-state index in [1.165, 1.54) is 22.3 Å². The molecule has 11 heteroatoms. The Kier molecular flexibility index (Phi) is 5.44. The summed E-state index contributed by atoms with van der Waals surface area (Å²) in [7, 11) is 0. The fourth-order valence-electron chi connectivity index (χ4n) is 3.31. The molecule has 0 unspecified atom stereocenters. The lowest BCUT2D eigenvalue weighted by Gasteiger charge is -2.14. The third-order valence-corrected chi connectivity index (χ3v) is 5.49. The number of amides is 2. The molecule has 3 aromatic rings. The Balaban J connectivity index is 1.43. The molecule has 1 saturated heterocycles. The van der Waals surface area contributed by atoms with Crippen LogP contribution in [0.5, 0.6) is 0 Å². The third kappa shape index (κ3) is 3.88. The minimum Gasteiger partial charge on any atom is -0.466 e. The van der Waals surface area contributed by atoms with Crippen LogP contribution in [0.1, 0.15) is 19.0 Å². The second kappa shape index (κ2) is 8.19. The van der Waals surface area contributed by atoms with Gasteiger partial charge in [0.15, 0.2) is 10.9 Å². The van der Waals surface area contributed by atoms with Gasteiger partial charge in [0.25, 0.3) is 0 Å². The predicted molar refractivity (Wildman–Crippen MR) is 108 cm³/mol. The van der Waals surface area contributed by atoms with Crippen LogP contribution >= 0.6 is 11.3 Å². The molecule has 9 nitrogen and oxygen atoms in total. The number of ether oxygens (including phenoxy) is 1. The molecule has 2 aromatic heterocycles. The van der Waals surface area contributed by atoms with Crippen LogP contribution in [0.25, 0.3) is 10.9 Å². The number of hydrogen-bond acceptors (Lipinski definition) is 7. The van der Waals surface area contributed by atoms with Crippen molar-refractivity contribution >= 4 is 51.0 Å². The fourth-order valence-corrected chi connectivity index (χ4v) is 4.02. The van der Waals surface area contributed by atoms with Crippen LogP contribution in [0.2, 0.25) is 0 Å². The van der Waals surface area contributed by atoms with E-state index in [1.54, 1.807) is 24.4 Å². The van der Waals surface area contributed by atoms with Crippen LogP contribution in [0.15, 0.2) is 23.6 Å². The molecule has 156 valence electrons. The molecule has 4 rings (SSSR count). The van der Waals surface area contributed by atoms with Gasteiger partial charge in [-0.25, -0.2) is 9.37 Å². The third-order valence-electron chi connectivity index (χ3n) is 4.68. The van der Waals surface area contributed by atoms with Crippen molar-refractivity contribution in [2.75, 3.05) is 23.4 Å². The zero-order chi connectivity index (χ0) is 21.3. The van der Waals surface area contributed by atoms with Crippen molar-refractivity contribution < 1.29 is 23.5 Å². The molecule has 0 radical (unpaired) electrons. The van der Waals surface area contributed by atoms with Crippen LogP contribution in [0.3, 0.4) is 0 Å². The number of halogens is 1. The highest BCUT2D eigenvalue weighted by atomic mass is 32.1. The van der Waals surface area contributed by atoms with Crippen molar-refractivity contribution in [2.24, 2.45) is 5.92 Å². The maximum absolute atomic E-state index is 14.2. The number of benzene rings is 1. The number of aromatic nitrogens is 3. The van der Waals surface area contributed by atoms with E-state index in [9.17, 15) is 18.8 Å². The van der Waals surface area contributed by atoms with Gasteiger partial charge in [0.2, 0.25) is 11.8 Å². The number of aromatic amines is 1. The summed E-state index contributed by atoms with van der Waals surface area (Å²) in [5, 5.41) is 11.7. The molecule has 1 aromatic carbocycles. The van der Waals surface area contributed by atoms with Crippen LogP contribution < -0.4 is 10.2 Å². The van der Waals surface area contributed by atoms with Gasteiger partial charge in [0.05, 0.1) is 35.5 Å². The number of H-pyrrole nitrogens is 1. The Morgan fingerprint density at radius 1 is 1.43 bits per heavy atom. The first-order valence-electron chi connectivity index (χ1n) is 9.30. The standard InChI is InChI=1S/C19H18FN5O4S/c1-2-29-15(27)7-11-9-30-19(21-11)22-18(28)10-6-14(26)25(8-10)17-16-12(20)4-3-5-13(16)23-24-17/h3-5,9-10H,2,6-8H2,1H3,(H,23,24)(H,21,22,28)/t10-/m1/s1. The summed E-state index contributed by atoms with van der Waals surface area (Å²) >= 11 is 1.18. The first kappa shape index (κ1) is 20.0. The van der Waals surface area contributed by atoms with Gasteiger partial charge in [-0.05, 0) is 19.1 Å². The molecule has 1 fully saturated rings. The topological polar surface area (TPSA) is 117 Å². The van der Waals surface area contributed by atoms with E-state index in [2.05, 4.69) is 20.5 Å². The summed E-state index contributed by atoms with van der Waals surface area (Å²) in [4.78, 5) is 42.2. The maximum Gasteiger partial charge on any atom is 0.311 e. The van der Waals surface area contributed by atoms with E-state index in [4.69, 9.17) is 4.74 Å². The van der Waals surface area contributed by atoms with E-state index in [0.29, 0.717) is 16.3 Å². The highest BCUT2D eigenvalue weighted by molar-refractivity contribution is 7.13. The monoisotopic (exact) mass is 431 g/mol. The van der Waals surface area contributed by atoms with E-state index in [1.807, 2.05) is 0 Å². The van der Waals surface area contributed by atoms with E-state index in [-0.39, 0.29) is 49.0 Å². The zero-order valence-electron chi connectivity index (χ0n) is 16.0. The van der Waals surface area contributed by atoms with Crippen LogP contribution in [0.4, 0.5) is 15.3 Å². The highest BCUT2D eigenvalue weighted by Gasteiger charge is 2.37. The molecule has 0 bridgehead atoms. The second-order valence-electron chi connectivity index (χ2n) is 6.73. The van der Waals surface area contributed by atoms with Gasteiger partial charge in [-0.3, -0.25) is 24.4 Å². The molecule has 0 aliphatic carbocycles. The Bertz CT molecular complexity index is 1130. The number of nitrogens with one attached hydrogen (secondary N) is 2. The van der Waals surface area contributed by atoms with Crippen molar-refractivity contribution in [3.8, 4) is 0 Å². The molecular formula is C19H18FN5O4S. The average molecular weight is 431 g/mol. The lowest BCUT2D eigenvalue weighted by Crippen LogP contribution is -2.28. The molecule has 0 spiro atoms. The Labute approximate surface area is 174 Å². The molecular weight excluding hydrogens is 413 g/mol. The van der Waals surface area contributed by atoms with E-state index in [0.717, 1.165) is 0 Å². The second-order valence-corrected chi connectivity index (χ2v) is 7.59. The lowest BCUT2D eigenvalue weighted by atomic mass is 10.1. The fraction of sp³-hybridized carbons (Fsp3) is 0.316. The van der Waals surface area contributed by atoms with Crippen molar-refractivity contribution in [3.05, 3.63) is 35.1 Å². The van der Waals surface area contributed by atoms with Gasteiger partial charge in [0.1, 0.15) is 5.82 Å². The minimum atomic E-state index is -0.631. The van der Waals surface area contributed by atoms with Gasteiger partial charge in [-0.2, -0.15) is 5.10 Å². The van der Waals surface area contributed by atoms with Crippen LogP contribution in [-0.2, 0) is 25.5 Å². The Morgan fingerprint density at radius 2 is 2.27 bits per heavy atom. The molecule has 1 atom stereocenters. The quantitative estimate of drug-likeness (QED) is 0.578. The summed E-state index contributed by atoms with van der Waals surface area (Å²) in [6, 6.07) is 4.50. The molecule has 1 aliphatic rings. The molecule has 30 heavy (non-hydrogen) atoms. The molecule has 2 amide bonds. The number of fused-ring (bicyclic) bond motifs is 1. The number of carbonyl (C=O) groups excluding carboxylic acids is 3. The number of carbonyl (C=O) groups is 3. The number of anilines is 2. The predicted octanol–water partition coefficient (Wildman–Crippen LogP) is 2.26.